The van der Waals surface area contributed by atoms with E-state index in [4.69, 9.17) is 0 Å². The molecule has 5 rings (SSSR count). The van der Waals surface area contributed by atoms with Gasteiger partial charge in [0.15, 0.2) is 0 Å². The molecule has 3 aromatic rings. The molecule has 2 heterocycles. The molecule has 154 valence electrons. The quantitative estimate of drug-likeness (QED) is 0.705. The molecule has 0 bridgehead atoms. The molecule has 1 saturated carbocycles. The van der Waals surface area contributed by atoms with Crippen molar-refractivity contribution in [2.24, 2.45) is 0 Å². The Labute approximate surface area is 175 Å². The second kappa shape index (κ2) is 6.90. The maximum absolute atomic E-state index is 12.5. The van der Waals surface area contributed by atoms with Crippen LogP contribution in [0.25, 0.3) is 11.1 Å². The van der Waals surface area contributed by atoms with Crippen LogP contribution >= 0.6 is 0 Å². The predicted octanol–water partition coefficient (Wildman–Crippen LogP) is 3.77. The number of aromatic hydroxyl groups is 1. The fourth-order valence-corrected chi connectivity index (χ4v) is 4.38. The molecule has 0 unspecified atom stereocenters. The largest absolute Gasteiger partial charge is 0.493 e. The van der Waals surface area contributed by atoms with Crippen LogP contribution in [-0.4, -0.2) is 31.1 Å². The van der Waals surface area contributed by atoms with Crippen molar-refractivity contribution in [3.05, 3.63) is 75.8 Å². The topological polar surface area (TPSA) is 67.5 Å². The van der Waals surface area contributed by atoms with Gasteiger partial charge >= 0.3 is 5.69 Å². The summed E-state index contributed by atoms with van der Waals surface area (Å²) in [5.74, 6) is 0.148. The maximum Gasteiger partial charge on any atom is 0.331 e. The Balaban J connectivity index is 1.40. The molecule has 6 nitrogen and oxygen atoms in total. The summed E-state index contributed by atoms with van der Waals surface area (Å²) in [7, 11) is 0. The second-order valence-electron chi connectivity index (χ2n) is 8.26. The van der Waals surface area contributed by atoms with Crippen molar-refractivity contribution in [3.8, 4) is 17.0 Å². The molecule has 1 aliphatic heterocycles. The Morgan fingerprint density at radius 1 is 1.07 bits per heavy atom. The predicted molar refractivity (Wildman–Crippen MR) is 115 cm³/mol. The van der Waals surface area contributed by atoms with Gasteiger partial charge in [-0.1, -0.05) is 30.3 Å². The molecule has 1 fully saturated rings. The molecule has 30 heavy (non-hydrogen) atoms. The Morgan fingerprint density at radius 3 is 2.40 bits per heavy atom. The van der Waals surface area contributed by atoms with Gasteiger partial charge in [0, 0.05) is 24.7 Å². The minimum absolute atomic E-state index is 0.0149. The minimum Gasteiger partial charge on any atom is -0.493 e. The Kier molecular flexibility index (Phi) is 4.31. The number of aromatic nitrogens is 2. The van der Waals surface area contributed by atoms with Crippen LogP contribution in [0.4, 0.5) is 0 Å². The second-order valence-corrected chi connectivity index (χ2v) is 8.26. The third-order valence-electron chi connectivity index (χ3n) is 6.37. The molecule has 0 radical (unpaired) electrons. The highest BCUT2D eigenvalue weighted by molar-refractivity contribution is 5.99. The first kappa shape index (κ1) is 18.7. The van der Waals surface area contributed by atoms with Gasteiger partial charge in [-0.2, -0.15) is 0 Å². The van der Waals surface area contributed by atoms with Crippen molar-refractivity contribution in [2.75, 3.05) is 0 Å². The summed E-state index contributed by atoms with van der Waals surface area (Å²) in [5.41, 5.74) is 4.87. The van der Waals surface area contributed by atoms with Gasteiger partial charge in [-0.3, -0.25) is 13.9 Å². The van der Waals surface area contributed by atoms with Gasteiger partial charge < -0.3 is 10.0 Å². The smallest absolute Gasteiger partial charge is 0.331 e. The van der Waals surface area contributed by atoms with E-state index >= 15 is 0 Å². The lowest BCUT2D eigenvalue weighted by molar-refractivity contribution is 0.0766. The van der Waals surface area contributed by atoms with E-state index in [2.05, 4.69) is 6.07 Å². The van der Waals surface area contributed by atoms with Gasteiger partial charge in [-0.05, 0) is 61.1 Å². The number of fused-ring (bicyclic) bond motifs is 1. The third kappa shape index (κ3) is 2.95. The highest BCUT2D eigenvalue weighted by Gasteiger charge is 2.38. The SMILES string of the molecule is CCn1c(O)cn([C@H](C)c2ccc(-c3ccc4c(c3)CN(C3CC3)C4=O)cc2)c1=O. The highest BCUT2D eigenvalue weighted by atomic mass is 16.3. The monoisotopic (exact) mass is 403 g/mol. The zero-order valence-corrected chi connectivity index (χ0v) is 17.2. The summed E-state index contributed by atoms with van der Waals surface area (Å²) in [6.45, 7) is 4.92. The van der Waals surface area contributed by atoms with Crippen LogP contribution in [0.1, 0.15) is 54.2 Å². The number of benzene rings is 2. The molecule has 1 aromatic heterocycles. The molecule has 1 N–H and O–H groups in total. The van der Waals surface area contributed by atoms with Gasteiger partial charge in [0.05, 0.1) is 12.2 Å². The van der Waals surface area contributed by atoms with Crippen LogP contribution in [0, 0.1) is 0 Å². The molecule has 0 spiro atoms. The van der Waals surface area contributed by atoms with Crippen LogP contribution < -0.4 is 5.69 Å². The maximum atomic E-state index is 12.5. The fourth-order valence-electron chi connectivity index (χ4n) is 4.38. The number of rotatable bonds is 5. The van der Waals surface area contributed by atoms with Gasteiger partial charge in [0.2, 0.25) is 5.88 Å². The zero-order valence-electron chi connectivity index (χ0n) is 17.2. The van der Waals surface area contributed by atoms with E-state index in [0.717, 1.165) is 40.7 Å². The summed E-state index contributed by atoms with van der Waals surface area (Å²) >= 11 is 0. The van der Waals surface area contributed by atoms with Crippen LogP contribution in [0.15, 0.2) is 53.5 Å². The van der Waals surface area contributed by atoms with Crippen LogP contribution in [0.5, 0.6) is 5.88 Å². The van der Waals surface area contributed by atoms with Crippen molar-refractivity contribution in [3.63, 3.8) is 0 Å². The molecule has 2 aromatic carbocycles. The van der Waals surface area contributed by atoms with E-state index in [0.29, 0.717) is 19.1 Å². The van der Waals surface area contributed by atoms with E-state index in [9.17, 15) is 14.7 Å². The number of amides is 1. The molecule has 2 aliphatic rings. The average Bonchev–Trinajstić information content (AvgIpc) is 3.49. The summed E-state index contributed by atoms with van der Waals surface area (Å²) in [5, 5.41) is 9.97. The number of nitrogens with zero attached hydrogens (tertiary/aromatic N) is 3. The number of imidazole rings is 1. The molecular weight excluding hydrogens is 378 g/mol. The lowest BCUT2D eigenvalue weighted by Gasteiger charge is -2.14. The van der Waals surface area contributed by atoms with Crippen molar-refractivity contribution in [1.82, 2.24) is 14.0 Å². The third-order valence-corrected chi connectivity index (χ3v) is 6.37. The van der Waals surface area contributed by atoms with Gasteiger partial charge in [0.1, 0.15) is 0 Å². The van der Waals surface area contributed by atoms with E-state index in [1.165, 1.54) is 10.8 Å². The van der Waals surface area contributed by atoms with Gasteiger partial charge in [-0.15, -0.1) is 0 Å². The molecule has 0 saturated heterocycles. The lowest BCUT2D eigenvalue weighted by Crippen LogP contribution is -2.26. The zero-order chi connectivity index (χ0) is 21.0. The number of carbonyl (C=O) groups is 1. The van der Waals surface area contributed by atoms with Crippen molar-refractivity contribution >= 4 is 5.91 Å². The standard InChI is InChI=1S/C24H25N3O3/c1-3-25-22(28)14-26(24(25)30)15(2)16-4-6-17(7-5-16)18-8-11-21-19(12-18)13-27(23(21)29)20-9-10-20/h4-8,11-12,14-15,20,28H,3,9-10,13H2,1-2H3/t15-/m1/s1. The highest BCUT2D eigenvalue weighted by Crippen LogP contribution is 2.36. The minimum atomic E-state index is -0.213. The molecule has 6 heteroatoms. The van der Waals surface area contributed by atoms with Crippen LogP contribution in [0.3, 0.4) is 0 Å². The number of hydrogen-bond acceptors (Lipinski definition) is 3. The number of hydrogen-bond donors (Lipinski definition) is 1. The lowest BCUT2D eigenvalue weighted by atomic mass is 9.98. The fraction of sp³-hybridized carbons (Fsp3) is 0.333. The molecule has 1 atom stereocenters. The first-order chi connectivity index (χ1) is 14.5. The first-order valence-corrected chi connectivity index (χ1v) is 10.5. The van der Waals surface area contributed by atoms with Crippen LogP contribution in [0.2, 0.25) is 0 Å². The molecule has 1 amide bonds. The summed E-state index contributed by atoms with van der Waals surface area (Å²) in [4.78, 5) is 27.0. The molecule has 1 aliphatic carbocycles. The summed E-state index contributed by atoms with van der Waals surface area (Å²) in [6, 6.07) is 14.4. The Bertz CT molecular complexity index is 1190. The van der Waals surface area contributed by atoms with Crippen molar-refractivity contribution in [2.45, 2.75) is 51.9 Å². The van der Waals surface area contributed by atoms with Gasteiger partial charge in [-0.25, -0.2) is 4.79 Å². The van der Waals surface area contributed by atoms with E-state index < -0.39 is 0 Å². The van der Waals surface area contributed by atoms with E-state index in [1.807, 2.05) is 55.1 Å². The molecular formula is C24H25N3O3. The summed E-state index contributed by atoms with van der Waals surface area (Å²) in [6.07, 6.45) is 3.73. The van der Waals surface area contributed by atoms with Crippen LogP contribution in [-0.2, 0) is 13.1 Å². The van der Waals surface area contributed by atoms with E-state index in [1.54, 1.807) is 4.57 Å². The van der Waals surface area contributed by atoms with Crippen molar-refractivity contribution in [1.29, 1.82) is 0 Å². The first-order valence-electron chi connectivity index (χ1n) is 10.5. The number of carbonyl (C=O) groups excluding carboxylic acids is 1. The Hall–Kier alpha value is -3.28. The summed E-state index contributed by atoms with van der Waals surface area (Å²) < 4.78 is 2.91. The normalized spacial score (nSPS) is 16.7. The average molecular weight is 403 g/mol. The Morgan fingerprint density at radius 2 is 1.77 bits per heavy atom. The van der Waals surface area contributed by atoms with E-state index in [-0.39, 0.29) is 23.5 Å². The van der Waals surface area contributed by atoms with Crippen molar-refractivity contribution < 1.29 is 9.90 Å². The van der Waals surface area contributed by atoms with Gasteiger partial charge in [0.25, 0.3) is 5.91 Å².